The third-order valence-corrected chi connectivity index (χ3v) is 3.94. The number of aromatic nitrogens is 1. The Balaban J connectivity index is 2.39. The van der Waals surface area contributed by atoms with E-state index in [4.69, 9.17) is 5.73 Å². The van der Waals surface area contributed by atoms with Crippen molar-refractivity contribution >= 4 is 28.4 Å². The zero-order valence-corrected chi connectivity index (χ0v) is 9.55. The Kier molecular flexibility index (Phi) is 2.17. The summed E-state index contributed by atoms with van der Waals surface area (Å²) in [5.74, 6) is 2.23. The summed E-state index contributed by atoms with van der Waals surface area (Å²) in [6.07, 6.45) is 0.939. The molecule has 0 amide bonds. The van der Waals surface area contributed by atoms with E-state index in [9.17, 15) is 5.11 Å². The number of nitrogens with two attached hydrogens (primary N) is 1. The second-order valence-electron chi connectivity index (χ2n) is 3.93. The Hall–Kier alpha value is -1.42. The minimum atomic E-state index is 0.213. The molecule has 82 valence electrons. The van der Waals surface area contributed by atoms with Gasteiger partial charge in [-0.1, -0.05) is 12.1 Å². The van der Waals surface area contributed by atoms with Gasteiger partial charge in [0, 0.05) is 28.1 Å². The van der Waals surface area contributed by atoms with Gasteiger partial charge in [0.15, 0.2) is 0 Å². The molecule has 4 heteroatoms. The number of thioether (sulfide) groups is 1. The van der Waals surface area contributed by atoms with Crippen molar-refractivity contribution in [1.29, 1.82) is 0 Å². The lowest BCUT2D eigenvalue weighted by molar-refractivity contribution is 0.480. The summed E-state index contributed by atoms with van der Waals surface area (Å²) >= 11 is 1.88. The molecule has 0 saturated heterocycles. The van der Waals surface area contributed by atoms with Crippen LogP contribution in [-0.4, -0.2) is 15.8 Å². The van der Waals surface area contributed by atoms with Crippen molar-refractivity contribution in [3.05, 3.63) is 29.5 Å². The average molecular weight is 232 g/mol. The quantitative estimate of drug-likeness (QED) is 0.731. The van der Waals surface area contributed by atoms with Gasteiger partial charge in [0.2, 0.25) is 0 Å². The fraction of sp³-hybridized carbons (Fsp3) is 0.250. The van der Waals surface area contributed by atoms with Gasteiger partial charge >= 0.3 is 0 Å². The Labute approximate surface area is 97.7 Å². The lowest BCUT2D eigenvalue weighted by atomic mass is 10.1. The number of hydrogen-bond acceptors (Lipinski definition) is 4. The minimum absolute atomic E-state index is 0.213. The van der Waals surface area contributed by atoms with E-state index in [1.807, 2.05) is 17.8 Å². The molecule has 1 aromatic carbocycles. The Morgan fingerprint density at radius 2 is 2.25 bits per heavy atom. The monoisotopic (exact) mass is 232 g/mol. The normalized spacial score (nSPS) is 15.0. The van der Waals surface area contributed by atoms with Crippen molar-refractivity contribution in [3.8, 4) is 5.75 Å². The number of benzene rings is 1. The van der Waals surface area contributed by atoms with E-state index in [1.54, 1.807) is 12.1 Å². The van der Waals surface area contributed by atoms with Gasteiger partial charge in [0.1, 0.15) is 11.3 Å². The van der Waals surface area contributed by atoms with Gasteiger partial charge in [-0.25, -0.2) is 4.98 Å². The molecule has 2 heterocycles. The van der Waals surface area contributed by atoms with Crippen LogP contribution in [0.25, 0.3) is 10.9 Å². The highest BCUT2D eigenvalue weighted by Gasteiger charge is 2.17. The molecule has 1 aliphatic rings. The van der Waals surface area contributed by atoms with Crippen molar-refractivity contribution in [2.75, 3.05) is 11.5 Å². The van der Waals surface area contributed by atoms with Crippen molar-refractivity contribution in [3.63, 3.8) is 0 Å². The van der Waals surface area contributed by atoms with E-state index < -0.39 is 0 Å². The van der Waals surface area contributed by atoms with Crippen LogP contribution in [0, 0.1) is 0 Å². The number of para-hydroxylation sites is 1. The van der Waals surface area contributed by atoms with Crippen molar-refractivity contribution in [1.82, 2.24) is 4.98 Å². The first kappa shape index (κ1) is 9.78. The van der Waals surface area contributed by atoms with Gasteiger partial charge in [0.25, 0.3) is 0 Å². The van der Waals surface area contributed by atoms with Crippen molar-refractivity contribution in [2.24, 2.45) is 0 Å². The lowest BCUT2D eigenvalue weighted by Crippen LogP contribution is -2.09. The molecule has 0 aliphatic carbocycles. The van der Waals surface area contributed by atoms with Crippen LogP contribution in [0.5, 0.6) is 5.75 Å². The van der Waals surface area contributed by atoms with Crippen LogP contribution in [0.3, 0.4) is 0 Å². The van der Waals surface area contributed by atoms with Gasteiger partial charge in [-0.2, -0.15) is 11.8 Å². The molecule has 3 N–H and O–H groups in total. The first-order valence-corrected chi connectivity index (χ1v) is 6.39. The molecule has 0 radical (unpaired) electrons. The van der Waals surface area contributed by atoms with Crippen LogP contribution in [0.15, 0.2) is 18.2 Å². The molecule has 0 bridgehead atoms. The zero-order valence-electron chi connectivity index (χ0n) is 8.73. The topological polar surface area (TPSA) is 59.1 Å². The van der Waals surface area contributed by atoms with Crippen LogP contribution >= 0.6 is 11.8 Å². The van der Waals surface area contributed by atoms with E-state index in [-0.39, 0.29) is 5.75 Å². The Morgan fingerprint density at radius 1 is 1.38 bits per heavy atom. The summed E-state index contributed by atoms with van der Waals surface area (Å²) < 4.78 is 0. The number of hydrogen-bond donors (Lipinski definition) is 2. The maximum Gasteiger partial charge on any atom is 0.141 e. The van der Waals surface area contributed by atoms with Crippen molar-refractivity contribution in [2.45, 2.75) is 12.2 Å². The molecule has 1 aliphatic heterocycles. The fourth-order valence-corrected chi connectivity index (χ4v) is 3.11. The molecule has 0 unspecified atom stereocenters. The Morgan fingerprint density at radius 3 is 3.12 bits per heavy atom. The number of aryl methyl sites for hydroxylation is 1. The summed E-state index contributed by atoms with van der Waals surface area (Å²) in [6, 6.07) is 5.37. The number of aromatic hydroxyl groups is 1. The van der Waals surface area contributed by atoms with E-state index in [0.29, 0.717) is 5.52 Å². The molecular weight excluding hydrogens is 220 g/mol. The van der Waals surface area contributed by atoms with Gasteiger partial charge in [-0.3, -0.25) is 0 Å². The zero-order chi connectivity index (χ0) is 11.1. The van der Waals surface area contributed by atoms with Crippen LogP contribution < -0.4 is 5.73 Å². The molecule has 1 aromatic heterocycles. The maximum atomic E-state index is 9.77. The maximum absolute atomic E-state index is 9.77. The molecule has 0 fully saturated rings. The highest BCUT2D eigenvalue weighted by Crippen LogP contribution is 2.35. The predicted octanol–water partition coefficient (Wildman–Crippen LogP) is 2.31. The standard InChI is InChI=1S/C12H12N2OS/c13-11-7-2-1-3-10(15)12(7)14-9-4-5-16-6-8(9)11/h1-3,15H,4-6H2,(H2,13,14). The number of fused-ring (bicyclic) bond motifs is 2. The highest BCUT2D eigenvalue weighted by atomic mass is 32.2. The number of rotatable bonds is 0. The summed E-state index contributed by atoms with van der Waals surface area (Å²) in [5.41, 5.74) is 9.75. The van der Waals surface area contributed by atoms with E-state index >= 15 is 0 Å². The average Bonchev–Trinajstić information content (AvgIpc) is 2.31. The number of nitrogen functional groups attached to an aromatic ring is 1. The number of phenols is 1. The molecule has 16 heavy (non-hydrogen) atoms. The molecular formula is C12H12N2OS. The molecule has 2 aromatic rings. The molecule has 0 saturated carbocycles. The summed E-state index contributed by atoms with van der Waals surface area (Å²) in [7, 11) is 0. The van der Waals surface area contributed by atoms with Crippen LogP contribution in [-0.2, 0) is 12.2 Å². The summed E-state index contributed by atoms with van der Waals surface area (Å²) in [4.78, 5) is 4.53. The van der Waals surface area contributed by atoms with Crippen LogP contribution in [0.2, 0.25) is 0 Å². The van der Waals surface area contributed by atoms with Gasteiger partial charge in [-0.05, 0) is 18.2 Å². The number of nitrogens with zero attached hydrogens (tertiary/aromatic N) is 1. The third kappa shape index (κ3) is 1.33. The van der Waals surface area contributed by atoms with Crippen LogP contribution in [0.4, 0.5) is 5.69 Å². The molecule has 3 rings (SSSR count). The van der Waals surface area contributed by atoms with E-state index in [1.165, 1.54) is 0 Å². The third-order valence-electron chi connectivity index (χ3n) is 2.95. The fourth-order valence-electron chi connectivity index (χ4n) is 2.10. The number of pyridine rings is 1. The molecule has 0 atom stereocenters. The van der Waals surface area contributed by atoms with Gasteiger partial charge in [-0.15, -0.1) is 0 Å². The minimum Gasteiger partial charge on any atom is -0.506 e. The predicted molar refractivity (Wildman–Crippen MR) is 67.7 cm³/mol. The SMILES string of the molecule is Nc1c2c(nc3c(O)cccc13)CCSC2. The lowest BCUT2D eigenvalue weighted by Gasteiger charge is -2.18. The van der Waals surface area contributed by atoms with E-state index in [0.717, 1.165) is 40.3 Å². The first-order valence-electron chi connectivity index (χ1n) is 5.24. The van der Waals surface area contributed by atoms with Gasteiger partial charge in [0.05, 0.1) is 0 Å². The largest absolute Gasteiger partial charge is 0.506 e. The van der Waals surface area contributed by atoms with E-state index in [2.05, 4.69) is 4.98 Å². The smallest absolute Gasteiger partial charge is 0.141 e. The second kappa shape index (κ2) is 3.56. The van der Waals surface area contributed by atoms with Crippen molar-refractivity contribution < 1.29 is 5.11 Å². The molecule has 0 spiro atoms. The van der Waals surface area contributed by atoms with Gasteiger partial charge < -0.3 is 10.8 Å². The number of anilines is 1. The Bertz CT molecular complexity index is 568. The molecule has 3 nitrogen and oxygen atoms in total. The first-order chi connectivity index (χ1) is 7.77. The number of phenolic OH excluding ortho intramolecular Hbond substituents is 1. The summed E-state index contributed by atoms with van der Waals surface area (Å²) in [6.45, 7) is 0. The highest BCUT2D eigenvalue weighted by molar-refractivity contribution is 7.98. The van der Waals surface area contributed by atoms with Crippen LogP contribution in [0.1, 0.15) is 11.3 Å². The second-order valence-corrected chi connectivity index (χ2v) is 5.03. The summed E-state index contributed by atoms with van der Waals surface area (Å²) in [5, 5.41) is 10.6.